The molecule has 0 heterocycles. The zero-order valence-corrected chi connectivity index (χ0v) is 11.9. The van der Waals surface area contributed by atoms with Crippen molar-refractivity contribution in [3.05, 3.63) is 34.9 Å². The Hall–Kier alpha value is -0.960. The first-order chi connectivity index (χ1) is 7.86. The Morgan fingerprint density at radius 3 is 2.59 bits per heavy atom. The fraction of sp³-hybridized carbons (Fsp3) is 0.500. The molecule has 1 amide bonds. The van der Waals surface area contributed by atoms with Gasteiger partial charge in [-0.15, -0.1) is 0 Å². The molecule has 0 radical (unpaired) electrons. The molecule has 1 N–H and O–H groups in total. The fourth-order valence-corrected chi connectivity index (χ4v) is 2.05. The van der Waals surface area contributed by atoms with Crippen molar-refractivity contribution >= 4 is 18.5 Å². The molecule has 2 nitrogen and oxygen atoms in total. The number of nitrogens with one attached hydrogen (secondary N) is 1. The first-order valence-electron chi connectivity index (χ1n) is 5.82. The van der Waals surface area contributed by atoms with Crippen LogP contribution in [0.1, 0.15) is 30.5 Å². The maximum absolute atomic E-state index is 11.3. The Morgan fingerprint density at radius 1 is 1.35 bits per heavy atom. The van der Waals surface area contributed by atoms with E-state index in [1.165, 1.54) is 16.7 Å². The molecule has 0 spiro atoms. The molecule has 0 fully saturated rings. The van der Waals surface area contributed by atoms with E-state index in [4.69, 9.17) is 0 Å². The summed E-state index contributed by atoms with van der Waals surface area (Å²) in [6.07, 6.45) is 0. The van der Waals surface area contributed by atoms with Gasteiger partial charge >= 0.3 is 0 Å². The van der Waals surface area contributed by atoms with E-state index in [0.717, 1.165) is 0 Å². The molecule has 0 saturated heterocycles. The highest BCUT2D eigenvalue weighted by Gasteiger charge is 2.23. The molecule has 17 heavy (non-hydrogen) atoms. The normalized spacial score (nSPS) is 11.4. The topological polar surface area (TPSA) is 29.1 Å². The summed E-state index contributed by atoms with van der Waals surface area (Å²) in [5.74, 6) is 0.217. The molecule has 0 aliphatic heterocycles. The Morgan fingerprint density at radius 2 is 2.00 bits per heavy atom. The van der Waals surface area contributed by atoms with E-state index in [2.05, 4.69) is 63.8 Å². The number of rotatable bonds is 4. The molecule has 94 valence electrons. The van der Waals surface area contributed by atoms with E-state index in [1.807, 2.05) is 0 Å². The second-order valence-corrected chi connectivity index (χ2v) is 5.45. The lowest BCUT2D eigenvalue weighted by Gasteiger charge is -2.27. The van der Waals surface area contributed by atoms with Crippen LogP contribution in [0.25, 0.3) is 0 Å². The lowest BCUT2D eigenvalue weighted by Crippen LogP contribution is -2.37. The van der Waals surface area contributed by atoms with Crippen molar-refractivity contribution in [2.24, 2.45) is 0 Å². The van der Waals surface area contributed by atoms with Crippen LogP contribution in [0.4, 0.5) is 0 Å². The van der Waals surface area contributed by atoms with Crippen LogP contribution in [0, 0.1) is 13.8 Å². The number of hydrogen-bond donors (Lipinski definition) is 2. The van der Waals surface area contributed by atoms with Crippen molar-refractivity contribution in [3.8, 4) is 0 Å². The zero-order chi connectivity index (χ0) is 13.1. The fourth-order valence-electron chi connectivity index (χ4n) is 1.94. The average Bonchev–Trinajstić information content (AvgIpc) is 2.29. The minimum absolute atomic E-state index is 0.0216. The molecule has 0 unspecified atom stereocenters. The quantitative estimate of drug-likeness (QED) is 0.791. The lowest BCUT2D eigenvalue weighted by molar-refractivity contribution is -0.118. The smallest absolute Gasteiger partial charge is 0.229 e. The maximum Gasteiger partial charge on any atom is 0.229 e. The van der Waals surface area contributed by atoms with Crippen LogP contribution < -0.4 is 5.32 Å². The highest BCUT2D eigenvalue weighted by Crippen LogP contribution is 2.26. The molecule has 0 aromatic heterocycles. The van der Waals surface area contributed by atoms with Crippen LogP contribution in [-0.4, -0.2) is 18.2 Å². The molecule has 0 aliphatic rings. The number of thiol groups is 1. The van der Waals surface area contributed by atoms with Crippen LogP contribution in [0.2, 0.25) is 0 Å². The summed E-state index contributed by atoms with van der Waals surface area (Å²) in [4.78, 5) is 11.3. The van der Waals surface area contributed by atoms with Gasteiger partial charge in [0.1, 0.15) is 0 Å². The van der Waals surface area contributed by atoms with E-state index in [1.54, 1.807) is 0 Å². The number of hydrogen-bond acceptors (Lipinski definition) is 2. The Labute approximate surface area is 109 Å². The third kappa shape index (κ3) is 3.77. The van der Waals surface area contributed by atoms with Gasteiger partial charge in [0.25, 0.3) is 0 Å². The molecule has 1 aromatic carbocycles. The largest absolute Gasteiger partial charge is 0.355 e. The Balaban J connectivity index is 2.88. The van der Waals surface area contributed by atoms with Gasteiger partial charge < -0.3 is 5.32 Å². The minimum Gasteiger partial charge on any atom is -0.355 e. The summed E-state index contributed by atoms with van der Waals surface area (Å²) in [6, 6.07) is 6.44. The summed E-state index contributed by atoms with van der Waals surface area (Å²) < 4.78 is 0. The summed E-state index contributed by atoms with van der Waals surface area (Å²) in [5, 5.41) is 2.90. The monoisotopic (exact) mass is 251 g/mol. The minimum atomic E-state index is -0.0608. The lowest BCUT2D eigenvalue weighted by atomic mass is 9.81. The predicted octanol–water partition coefficient (Wildman–Crippen LogP) is 2.63. The molecular weight excluding hydrogens is 230 g/mol. The highest BCUT2D eigenvalue weighted by molar-refractivity contribution is 7.81. The third-order valence-electron chi connectivity index (χ3n) is 2.99. The molecule has 1 aromatic rings. The van der Waals surface area contributed by atoms with Gasteiger partial charge in [0.2, 0.25) is 5.91 Å². The molecule has 0 atom stereocenters. The number of aryl methyl sites for hydroxylation is 2. The second-order valence-electron chi connectivity index (χ2n) is 5.14. The van der Waals surface area contributed by atoms with E-state index in [9.17, 15) is 4.79 Å². The Bertz CT molecular complexity index is 413. The van der Waals surface area contributed by atoms with Crippen molar-refractivity contribution < 1.29 is 4.79 Å². The van der Waals surface area contributed by atoms with Gasteiger partial charge in [-0.05, 0) is 25.0 Å². The maximum atomic E-state index is 11.3. The van der Waals surface area contributed by atoms with Crippen LogP contribution in [-0.2, 0) is 10.2 Å². The number of carbonyl (C=O) groups excluding carboxylic acids is 1. The first-order valence-corrected chi connectivity index (χ1v) is 6.45. The highest BCUT2D eigenvalue weighted by atomic mass is 32.1. The average molecular weight is 251 g/mol. The second kappa shape index (κ2) is 5.58. The summed E-state index contributed by atoms with van der Waals surface area (Å²) in [6.45, 7) is 9.13. The third-order valence-corrected chi connectivity index (χ3v) is 3.28. The van der Waals surface area contributed by atoms with Gasteiger partial charge in [-0.25, -0.2) is 0 Å². The van der Waals surface area contributed by atoms with E-state index < -0.39 is 0 Å². The Kier molecular flexibility index (Phi) is 4.63. The standard InChI is InChI=1S/C14H21NOS/c1-10-5-6-11(2)12(7-10)14(3,4)9-15-13(16)8-17/h5-7,17H,8-9H2,1-4H3,(H,15,16). The van der Waals surface area contributed by atoms with Crippen molar-refractivity contribution in [2.45, 2.75) is 33.1 Å². The number of amides is 1. The van der Waals surface area contributed by atoms with Gasteiger partial charge in [-0.2, -0.15) is 12.6 Å². The zero-order valence-electron chi connectivity index (χ0n) is 11.0. The SMILES string of the molecule is Cc1ccc(C)c(C(C)(C)CNC(=O)CS)c1. The van der Waals surface area contributed by atoms with Crippen molar-refractivity contribution in [1.82, 2.24) is 5.32 Å². The van der Waals surface area contributed by atoms with Crippen molar-refractivity contribution in [3.63, 3.8) is 0 Å². The van der Waals surface area contributed by atoms with Gasteiger partial charge in [0.15, 0.2) is 0 Å². The number of carbonyl (C=O) groups is 1. The van der Waals surface area contributed by atoms with Gasteiger partial charge in [-0.3, -0.25) is 4.79 Å². The van der Waals surface area contributed by atoms with Gasteiger partial charge in [0.05, 0.1) is 5.75 Å². The van der Waals surface area contributed by atoms with E-state index in [-0.39, 0.29) is 17.1 Å². The van der Waals surface area contributed by atoms with Gasteiger partial charge in [0, 0.05) is 12.0 Å². The predicted molar refractivity (Wildman–Crippen MR) is 75.8 cm³/mol. The van der Waals surface area contributed by atoms with Crippen LogP contribution in [0.3, 0.4) is 0 Å². The van der Waals surface area contributed by atoms with Crippen LogP contribution in [0.5, 0.6) is 0 Å². The van der Waals surface area contributed by atoms with E-state index >= 15 is 0 Å². The molecule has 0 saturated carbocycles. The van der Waals surface area contributed by atoms with Crippen LogP contribution in [0.15, 0.2) is 18.2 Å². The van der Waals surface area contributed by atoms with Crippen molar-refractivity contribution in [1.29, 1.82) is 0 Å². The molecule has 0 aliphatic carbocycles. The van der Waals surface area contributed by atoms with Crippen LogP contribution >= 0.6 is 12.6 Å². The molecule has 0 bridgehead atoms. The summed E-state index contributed by atoms with van der Waals surface area (Å²) in [5.41, 5.74) is 3.74. The summed E-state index contributed by atoms with van der Waals surface area (Å²) >= 11 is 3.96. The molecular formula is C14H21NOS. The first kappa shape index (κ1) is 14.1. The molecule has 1 rings (SSSR count). The summed E-state index contributed by atoms with van der Waals surface area (Å²) in [7, 11) is 0. The van der Waals surface area contributed by atoms with Crippen molar-refractivity contribution in [2.75, 3.05) is 12.3 Å². The number of benzene rings is 1. The van der Waals surface area contributed by atoms with Gasteiger partial charge in [-0.1, -0.05) is 37.6 Å². The van der Waals surface area contributed by atoms with E-state index in [0.29, 0.717) is 6.54 Å². The molecule has 3 heteroatoms.